The molecule has 104 valence electrons. The Morgan fingerprint density at radius 1 is 1.32 bits per heavy atom. The van der Waals surface area contributed by atoms with E-state index in [-0.39, 0.29) is 29.7 Å². The standard InChI is InChI=1S/C12H15NO5S/c14-8-7-13(9-5-6-9)19(17,18)11-4-2-1-3-10(11)12(15)16/h1-4,9,14H,5-8H2,(H,15,16). The number of carboxylic acids is 1. The molecular weight excluding hydrogens is 270 g/mol. The second-order valence-corrected chi connectivity index (χ2v) is 6.23. The van der Waals surface area contributed by atoms with Crippen molar-refractivity contribution in [2.24, 2.45) is 0 Å². The van der Waals surface area contributed by atoms with Gasteiger partial charge in [-0.05, 0) is 25.0 Å². The van der Waals surface area contributed by atoms with E-state index in [2.05, 4.69) is 0 Å². The smallest absolute Gasteiger partial charge is 0.337 e. The number of aliphatic hydroxyl groups is 1. The second-order valence-electron chi connectivity index (χ2n) is 4.37. The zero-order chi connectivity index (χ0) is 14.0. The molecule has 0 unspecified atom stereocenters. The van der Waals surface area contributed by atoms with Crippen LogP contribution in [0.2, 0.25) is 0 Å². The quantitative estimate of drug-likeness (QED) is 0.795. The van der Waals surface area contributed by atoms with Crippen molar-refractivity contribution < 1.29 is 23.4 Å². The predicted octanol–water partition coefficient (Wildman–Crippen LogP) is 0.530. The van der Waals surface area contributed by atoms with Crippen molar-refractivity contribution in [1.29, 1.82) is 0 Å². The van der Waals surface area contributed by atoms with E-state index in [0.29, 0.717) is 0 Å². The molecule has 0 atom stereocenters. The van der Waals surface area contributed by atoms with Gasteiger partial charge in [-0.1, -0.05) is 12.1 Å². The first-order valence-electron chi connectivity index (χ1n) is 5.93. The van der Waals surface area contributed by atoms with Gasteiger partial charge in [0.1, 0.15) is 0 Å². The van der Waals surface area contributed by atoms with Crippen molar-refractivity contribution in [3.63, 3.8) is 0 Å². The fourth-order valence-corrected chi connectivity index (χ4v) is 3.82. The molecule has 1 aliphatic rings. The van der Waals surface area contributed by atoms with Crippen LogP contribution >= 0.6 is 0 Å². The highest BCUT2D eigenvalue weighted by atomic mass is 32.2. The minimum atomic E-state index is -3.88. The van der Waals surface area contributed by atoms with Gasteiger partial charge < -0.3 is 10.2 Å². The molecule has 0 aromatic heterocycles. The molecule has 2 N–H and O–H groups in total. The number of sulfonamides is 1. The molecule has 0 spiro atoms. The molecule has 19 heavy (non-hydrogen) atoms. The van der Waals surface area contributed by atoms with Crippen molar-refractivity contribution in [2.45, 2.75) is 23.8 Å². The largest absolute Gasteiger partial charge is 0.478 e. The normalized spacial score (nSPS) is 15.7. The van der Waals surface area contributed by atoms with Crippen LogP contribution in [0, 0.1) is 0 Å². The maximum atomic E-state index is 12.5. The average molecular weight is 285 g/mol. The van der Waals surface area contributed by atoms with E-state index >= 15 is 0 Å². The van der Waals surface area contributed by atoms with E-state index in [1.165, 1.54) is 28.6 Å². The van der Waals surface area contributed by atoms with Crippen LogP contribution in [-0.4, -0.2) is 48.1 Å². The van der Waals surface area contributed by atoms with E-state index in [0.717, 1.165) is 12.8 Å². The first-order chi connectivity index (χ1) is 8.98. The molecule has 0 heterocycles. The molecule has 0 aliphatic heterocycles. The molecule has 1 aromatic carbocycles. The average Bonchev–Trinajstić information content (AvgIpc) is 3.20. The summed E-state index contributed by atoms with van der Waals surface area (Å²) in [5, 5.41) is 18.0. The molecule has 1 saturated carbocycles. The van der Waals surface area contributed by atoms with Crippen molar-refractivity contribution in [1.82, 2.24) is 4.31 Å². The number of nitrogens with zero attached hydrogens (tertiary/aromatic N) is 1. The van der Waals surface area contributed by atoms with Gasteiger partial charge in [0.15, 0.2) is 0 Å². The summed E-state index contributed by atoms with van der Waals surface area (Å²) >= 11 is 0. The monoisotopic (exact) mass is 285 g/mol. The number of rotatable bonds is 6. The molecule has 1 aliphatic carbocycles. The minimum Gasteiger partial charge on any atom is -0.478 e. The minimum absolute atomic E-state index is 0.0129. The first kappa shape index (κ1) is 14.0. The number of carbonyl (C=O) groups is 1. The van der Waals surface area contributed by atoms with Gasteiger partial charge in [-0.15, -0.1) is 0 Å². The van der Waals surface area contributed by atoms with E-state index in [4.69, 9.17) is 10.2 Å². The first-order valence-corrected chi connectivity index (χ1v) is 7.37. The van der Waals surface area contributed by atoms with Crippen LogP contribution in [0.5, 0.6) is 0 Å². The number of hydrogen-bond acceptors (Lipinski definition) is 4. The highest BCUT2D eigenvalue weighted by Crippen LogP contribution is 2.32. The zero-order valence-electron chi connectivity index (χ0n) is 10.2. The second kappa shape index (κ2) is 5.28. The summed E-state index contributed by atoms with van der Waals surface area (Å²) in [6.45, 7) is -0.300. The molecule has 7 heteroatoms. The number of aromatic carboxylic acids is 1. The molecule has 0 radical (unpaired) electrons. The third kappa shape index (κ3) is 2.78. The van der Waals surface area contributed by atoms with Gasteiger partial charge in [-0.2, -0.15) is 4.31 Å². The van der Waals surface area contributed by atoms with Crippen molar-refractivity contribution in [2.75, 3.05) is 13.2 Å². The maximum Gasteiger partial charge on any atom is 0.337 e. The maximum absolute atomic E-state index is 12.5. The fourth-order valence-electron chi connectivity index (χ4n) is 1.95. The van der Waals surface area contributed by atoms with E-state index in [9.17, 15) is 13.2 Å². The highest BCUT2D eigenvalue weighted by molar-refractivity contribution is 7.89. The van der Waals surface area contributed by atoms with Crippen LogP contribution < -0.4 is 0 Å². The van der Waals surface area contributed by atoms with Crippen LogP contribution in [0.15, 0.2) is 29.2 Å². The molecule has 0 amide bonds. The molecule has 0 saturated heterocycles. The summed E-state index contributed by atoms with van der Waals surface area (Å²) in [7, 11) is -3.88. The fraction of sp³-hybridized carbons (Fsp3) is 0.417. The summed E-state index contributed by atoms with van der Waals surface area (Å²) in [6, 6.07) is 5.39. The summed E-state index contributed by atoms with van der Waals surface area (Å²) in [5.41, 5.74) is -0.244. The Morgan fingerprint density at radius 2 is 1.95 bits per heavy atom. The Bertz CT molecular complexity index is 580. The van der Waals surface area contributed by atoms with Gasteiger partial charge in [-0.3, -0.25) is 0 Å². The van der Waals surface area contributed by atoms with Crippen LogP contribution in [0.25, 0.3) is 0 Å². The molecule has 2 rings (SSSR count). The topological polar surface area (TPSA) is 94.9 Å². The van der Waals surface area contributed by atoms with E-state index in [1.807, 2.05) is 0 Å². The third-order valence-electron chi connectivity index (χ3n) is 2.98. The Balaban J connectivity index is 2.46. The predicted molar refractivity (Wildman–Crippen MR) is 67.4 cm³/mol. The van der Waals surface area contributed by atoms with Gasteiger partial charge in [-0.25, -0.2) is 13.2 Å². The summed E-state index contributed by atoms with van der Waals surface area (Å²) in [5.74, 6) is -1.28. The van der Waals surface area contributed by atoms with Crippen molar-refractivity contribution in [3.8, 4) is 0 Å². The lowest BCUT2D eigenvalue weighted by molar-refractivity contribution is 0.0692. The lowest BCUT2D eigenvalue weighted by Gasteiger charge is -2.21. The highest BCUT2D eigenvalue weighted by Gasteiger charge is 2.39. The molecule has 6 nitrogen and oxygen atoms in total. The van der Waals surface area contributed by atoms with Gasteiger partial charge in [0.05, 0.1) is 17.1 Å². The molecule has 1 aromatic rings. The summed E-state index contributed by atoms with van der Waals surface area (Å²) in [6.07, 6.45) is 1.49. The van der Waals surface area contributed by atoms with Crippen LogP contribution in [0.3, 0.4) is 0 Å². The van der Waals surface area contributed by atoms with Crippen LogP contribution in [0.4, 0.5) is 0 Å². The van der Waals surface area contributed by atoms with Crippen molar-refractivity contribution in [3.05, 3.63) is 29.8 Å². The van der Waals surface area contributed by atoms with E-state index < -0.39 is 16.0 Å². The van der Waals surface area contributed by atoms with Gasteiger partial charge in [0.25, 0.3) is 0 Å². The number of carboxylic acid groups (broad SMARTS) is 1. The Kier molecular flexibility index (Phi) is 3.88. The lowest BCUT2D eigenvalue weighted by atomic mass is 10.2. The Labute approximate surface area is 111 Å². The Hall–Kier alpha value is -1.44. The van der Waals surface area contributed by atoms with Gasteiger partial charge >= 0.3 is 5.97 Å². The molecule has 0 bridgehead atoms. The van der Waals surface area contributed by atoms with E-state index in [1.54, 1.807) is 0 Å². The number of aliphatic hydroxyl groups excluding tert-OH is 1. The molecule has 1 fully saturated rings. The lowest BCUT2D eigenvalue weighted by Crippen LogP contribution is -2.36. The number of benzene rings is 1. The summed E-state index contributed by atoms with van der Waals surface area (Å²) in [4.78, 5) is 10.9. The van der Waals surface area contributed by atoms with Crippen LogP contribution in [-0.2, 0) is 10.0 Å². The third-order valence-corrected chi connectivity index (χ3v) is 4.99. The Morgan fingerprint density at radius 3 is 2.47 bits per heavy atom. The number of hydrogen-bond donors (Lipinski definition) is 2. The molecular formula is C12H15NO5S. The SMILES string of the molecule is O=C(O)c1ccccc1S(=O)(=O)N(CCO)C1CC1. The van der Waals surface area contributed by atoms with Gasteiger partial charge in [0.2, 0.25) is 10.0 Å². The summed E-state index contributed by atoms with van der Waals surface area (Å²) < 4.78 is 26.2. The van der Waals surface area contributed by atoms with Crippen LogP contribution in [0.1, 0.15) is 23.2 Å². The van der Waals surface area contributed by atoms with Gasteiger partial charge in [0, 0.05) is 12.6 Å². The zero-order valence-corrected chi connectivity index (χ0v) is 11.0. The van der Waals surface area contributed by atoms with Crippen molar-refractivity contribution >= 4 is 16.0 Å².